The lowest BCUT2D eigenvalue weighted by Gasteiger charge is -2.34. The Morgan fingerprint density at radius 3 is 2.58 bits per heavy atom. The number of aliphatic imine (C=N–C) groups is 1. The fourth-order valence-electron chi connectivity index (χ4n) is 3.09. The lowest BCUT2D eigenvalue weighted by atomic mass is 10.2. The van der Waals surface area contributed by atoms with Crippen molar-refractivity contribution in [3.63, 3.8) is 0 Å². The van der Waals surface area contributed by atoms with Crippen LogP contribution in [0.5, 0.6) is 5.75 Å². The predicted octanol–water partition coefficient (Wildman–Crippen LogP) is 1.56. The molecule has 1 aromatic carbocycles. The molecule has 146 valence electrons. The Hall–Kier alpha value is -1.79. The zero-order valence-electron chi connectivity index (χ0n) is 16.8. The number of nitrogens with one attached hydrogen (secondary N) is 2. The molecule has 1 aliphatic heterocycles. The molecule has 0 aromatic heterocycles. The topological polar surface area (TPSA) is 52.1 Å². The molecule has 1 unspecified atom stereocenters. The van der Waals surface area contributed by atoms with E-state index in [-0.39, 0.29) is 6.10 Å². The van der Waals surface area contributed by atoms with E-state index in [4.69, 9.17) is 4.74 Å². The molecule has 0 radical (unpaired) electrons. The second-order valence-electron chi connectivity index (χ2n) is 6.90. The van der Waals surface area contributed by atoms with Gasteiger partial charge in [-0.2, -0.15) is 0 Å². The van der Waals surface area contributed by atoms with Gasteiger partial charge in [-0.15, -0.1) is 0 Å². The number of piperazine rings is 1. The first-order valence-corrected chi connectivity index (χ1v) is 9.73. The van der Waals surface area contributed by atoms with Gasteiger partial charge in [0.25, 0.3) is 0 Å². The maximum atomic E-state index is 5.95. The molecule has 26 heavy (non-hydrogen) atoms. The average molecular weight is 362 g/mol. The summed E-state index contributed by atoms with van der Waals surface area (Å²) in [7, 11) is 1.81. The van der Waals surface area contributed by atoms with Gasteiger partial charge in [-0.1, -0.05) is 19.1 Å². The summed E-state index contributed by atoms with van der Waals surface area (Å²) in [6.45, 7) is 14.9. The second kappa shape index (κ2) is 11.0. The van der Waals surface area contributed by atoms with Crippen molar-refractivity contribution < 1.29 is 4.74 Å². The molecule has 1 heterocycles. The summed E-state index contributed by atoms with van der Waals surface area (Å²) >= 11 is 0. The summed E-state index contributed by atoms with van der Waals surface area (Å²) in [5, 5.41) is 6.74. The van der Waals surface area contributed by atoms with Crippen molar-refractivity contribution in [2.75, 3.05) is 59.4 Å². The monoisotopic (exact) mass is 361 g/mol. The summed E-state index contributed by atoms with van der Waals surface area (Å²) < 4.78 is 5.95. The fraction of sp³-hybridized carbons (Fsp3) is 0.650. The Bertz CT molecular complexity index is 555. The van der Waals surface area contributed by atoms with Crippen LogP contribution in [0.3, 0.4) is 0 Å². The standard InChI is InChI=1S/C20H35N5O/c1-5-24-11-13-25(14-12-24)10-9-22-20(21-4)23-16-18(3)26-19-8-6-7-17(2)15-19/h6-8,15,18H,5,9-14,16H2,1-4H3,(H2,21,22,23). The van der Waals surface area contributed by atoms with Crippen LogP contribution < -0.4 is 15.4 Å². The van der Waals surface area contributed by atoms with E-state index in [2.05, 4.69) is 58.3 Å². The molecule has 0 saturated carbocycles. The Balaban J connectivity index is 1.63. The number of nitrogens with zero attached hydrogens (tertiary/aromatic N) is 3. The molecule has 0 spiro atoms. The van der Waals surface area contributed by atoms with E-state index >= 15 is 0 Å². The number of hydrogen-bond donors (Lipinski definition) is 2. The van der Waals surface area contributed by atoms with E-state index < -0.39 is 0 Å². The Labute approximate surface area is 158 Å². The van der Waals surface area contributed by atoms with Crippen molar-refractivity contribution in [3.05, 3.63) is 29.8 Å². The molecule has 1 aliphatic rings. The molecule has 1 fully saturated rings. The SMILES string of the molecule is CCN1CCN(CCNC(=NC)NCC(C)Oc2cccc(C)c2)CC1. The summed E-state index contributed by atoms with van der Waals surface area (Å²) in [5.74, 6) is 1.74. The van der Waals surface area contributed by atoms with Crippen molar-refractivity contribution in [2.45, 2.75) is 26.9 Å². The van der Waals surface area contributed by atoms with Gasteiger partial charge in [-0.3, -0.25) is 9.89 Å². The Kier molecular flexibility index (Phi) is 8.71. The normalized spacial score (nSPS) is 17.8. The highest BCUT2D eigenvalue weighted by Crippen LogP contribution is 2.13. The van der Waals surface area contributed by atoms with Gasteiger partial charge < -0.3 is 20.3 Å². The minimum absolute atomic E-state index is 0.0671. The van der Waals surface area contributed by atoms with E-state index in [1.807, 2.05) is 12.1 Å². The van der Waals surface area contributed by atoms with Crippen molar-refractivity contribution in [2.24, 2.45) is 4.99 Å². The van der Waals surface area contributed by atoms with Crippen LogP contribution in [-0.4, -0.2) is 81.3 Å². The van der Waals surface area contributed by atoms with Gasteiger partial charge in [0.05, 0.1) is 6.54 Å². The van der Waals surface area contributed by atoms with Gasteiger partial charge in [0, 0.05) is 46.3 Å². The van der Waals surface area contributed by atoms with Gasteiger partial charge in [0.2, 0.25) is 0 Å². The van der Waals surface area contributed by atoms with Crippen LogP contribution in [0.1, 0.15) is 19.4 Å². The first-order valence-electron chi connectivity index (χ1n) is 9.73. The van der Waals surface area contributed by atoms with E-state index in [1.54, 1.807) is 7.05 Å². The van der Waals surface area contributed by atoms with Gasteiger partial charge in [-0.05, 0) is 38.1 Å². The quantitative estimate of drug-likeness (QED) is 0.544. The molecule has 2 N–H and O–H groups in total. The summed E-state index contributed by atoms with van der Waals surface area (Å²) in [5.41, 5.74) is 1.21. The average Bonchev–Trinajstić information content (AvgIpc) is 2.65. The van der Waals surface area contributed by atoms with Crippen LogP contribution in [0.15, 0.2) is 29.3 Å². The van der Waals surface area contributed by atoms with Crippen LogP contribution in [0.25, 0.3) is 0 Å². The molecule has 0 aliphatic carbocycles. The van der Waals surface area contributed by atoms with E-state index in [0.29, 0.717) is 6.54 Å². The van der Waals surface area contributed by atoms with E-state index in [1.165, 1.54) is 18.7 Å². The number of guanidine groups is 1. The number of ether oxygens (including phenoxy) is 1. The van der Waals surface area contributed by atoms with Crippen LogP contribution in [-0.2, 0) is 0 Å². The van der Waals surface area contributed by atoms with Gasteiger partial charge in [-0.25, -0.2) is 0 Å². The highest BCUT2D eigenvalue weighted by Gasteiger charge is 2.14. The van der Waals surface area contributed by atoms with Crippen molar-refractivity contribution in [1.82, 2.24) is 20.4 Å². The third-order valence-corrected chi connectivity index (χ3v) is 4.74. The molecular formula is C20H35N5O. The highest BCUT2D eigenvalue weighted by molar-refractivity contribution is 5.79. The fourth-order valence-corrected chi connectivity index (χ4v) is 3.09. The lowest BCUT2D eigenvalue weighted by Crippen LogP contribution is -2.49. The number of likely N-dealkylation sites (N-methyl/N-ethyl adjacent to an activating group) is 1. The van der Waals surface area contributed by atoms with Crippen LogP contribution >= 0.6 is 0 Å². The number of hydrogen-bond acceptors (Lipinski definition) is 4. The molecule has 0 amide bonds. The van der Waals surface area contributed by atoms with Crippen LogP contribution in [0.2, 0.25) is 0 Å². The molecular weight excluding hydrogens is 326 g/mol. The molecule has 1 saturated heterocycles. The number of benzene rings is 1. The first kappa shape index (κ1) is 20.5. The lowest BCUT2D eigenvalue weighted by molar-refractivity contribution is 0.139. The molecule has 0 bridgehead atoms. The maximum absolute atomic E-state index is 5.95. The Morgan fingerprint density at radius 2 is 1.92 bits per heavy atom. The Morgan fingerprint density at radius 1 is 1.19 bits per heavy atom. The second-order valence-corrected chi connectivity index (χ2v) is 6.90. The van der Waals surface area contributed by atoms with Crippen molar-refractivity contribution in [1.29, 1.82) is 0 Å². The summed E-state index contributed by atoms with van der Waals surface area (Å²) in [4.78, 5) is 9.31. The van der Waals surface area contributed by atoms with Gasteiger partial charge >= 0.3 is 0 Å². The molecule has 1 atom stereocenters. The third-order valence-electron chi connectivity index (χ3n) is 4.74. The summed E-state index contributed by atoms with van der Waals surface area (Å²) in [6.07, 6.45) is 0.0671. The molecule has 6 nitrogen and oxygen atoms in total. The summed E-state index contributed by atoms with van der Waals surface area (Å²) in [6, 6.07) is 8.14. The predicted molar refractivity (Wildman–Crippen MR) is 109 cm³/mol. The van der Waals surface area contributed by atoms with Gasteiger partial charge in [0.1, 0.15) is 11.9 Å². The number of rotatable bonds is 8. The zero-order chi connectivity index (χ0) is 18.8. The molecule has 2 rings (SSSR count). The number of aryl methyl sites for hydroxylation is 1. The maximum Gasteiger partial charge on any atom is 0.191 e. The molecule has 6 heteroatoms. The highest BCUT2D eigenvalue weighted by atomic mass is 16.5. The third kappa shape index (κ3) is 7.22. The first-order chi connectivity index (χ1) is 12.6. The van der Waals surface area contributed by atoms with E-state index in [9.17, 15) is 0 Å². The van der Waals surface area contributed by atoms with Crippen molar-refractivity contribution >= 4 is 5.96 Å². The largest absolute Gasteiger partial charge is 0.489 e. The van der Waals surface area contributed by atoms with Crippen LogP contribution in [0.4, 0.5) is 0 Å². The smallest absolute Gasteiger partial charge is 0.191 e. The minimum Gasteiger partial charge on any atom is -0.489 e. The molecule has 1 aromatic rings. The van der Waals surface area contributed by atoms with Gasteiger partial charge in [0.15, 0.2) is 5.96 Å². The minimum atomic E-state index is 0.0671. The van der Waals surface area contributed by atoms with E-state index in [0.717, 1.165) is 44.4 Å². The van der Waals surface area contributed by atoms with Crippen LogP contribution in [0, 0.1) is 6.92 Å². The van der Waals surface area contributed by atoms with Crippen molar-refractivity contribution in [3.8, 4) is 5.75 Å². The zero-order valence-corrected chi connectivity index (χ0v) is 16.8.